The van der Waals surface area contributed by atoms with Crippen LogP contribution in [-0.4, -0.2) is 38.2 Å². The van der Waals surface area contributed by atoms with Crippen LogP contribution in [0.5, 0.6) is 0 Å². The summed E-state index contributed by atoms with van der Waals surface area (Å²) < 4.78 is 14.7. The van der Waals surface area contributed by atoms with Crippen molar-refractivity contribution in [3.8, 4) is 22.3 Å². The van der Waals surface area contributed by atoms with Crippen LogP contribution < -0.4 is 10.6 Å². The first-order valence-corrected chi connectivity index (χ1v) is 12.6. The van der Waals surface area contributed by atoms with Crippen LogP contribution in [0, 0.1) is 5.82 Å². The van der Waals surface area contributed by atoms with Gasteiger partial charge in [-0.2, -0.15) is 5.10 Å². The van der Waals surface area contributed by atoms with Gasteiger partial charge in [0.1, 0.15) is 12.0 Å². The summed E-state index contributed by atoms with van der Waals surface area (Å²) in [6, 6.07) is 17.5. The Hall–Kier alpha value is -4.30. The van der Waals surface area contributed by atoms with E-state index >= 15 is 0 Å². The first-order valence-electron chi connectivity index (χ1n) is 12.6. The number of pyridine rings is 2. The number of nitrogens with one attached hydrogen (secondary N) is 3. The first-order chi connectivity index (χ1) is 18.2. The van der Waals surface area contributed by atoms with E-state index < -0.39 is 0 Å². The molecular weight excluding hydrogens is 465 g/mol. The Morgan fingerprint density at radius 2 is 1.84 bits per heavy atom. The summed E-state index contributed by atoms with van der Waals surface area (Å²) >= 11 is 0. The molecule has 0 radical (unpaired) electrons. The van der Waals surface area contributed by atoms with E-state index in [9.17, 15) is 4.39 Å². The molecule has 1 saturated heterocycles. The van der Waals surface area contributed by atoms with Gasteiger partial charge in [-0.15, -0.1) is 0 Å². The number of rotatable bonds is 5. The second-order valence-electron chi connectivity index (χ2n) is 9.76. The van der Waals surface area contributed by atoms with Gasteiger partial charge in [0.05, 0.1) is 17.1 Å². The Bertz CT molecular complexity index is 1590. The molecule has 1 atom stereocenters. The van der Waals surface area contributed by atoms with Crippen molar-refractivity contribution >= 4 is 22.4 Å². The molecule has 5 aromatic rings. The number of benzene rings is 2. The third kappa shape index (κ3) is 4.09. The van der Waals surface area contributed by atoms with E-state index in [1.165, 1.54) is 12.8 Å². The number of nitrogens with zero attached hydrogens (tertiary/aromatic N) is 4. The molecule has 3 aromatic heterocycles. The molecule has 2 aliphatic rings. The molecule has 0 amide bonds. The number of likely N-dealkylation sites (tertiary alicyclic amines) is 1. The molecule has 1 fully saturated rings. The molecule has 184 valence electrons. The van der Waals surface area contributed by atoms with Crippen LogP contribution in [0.2, 0.25) is 0 Å². The maximum absolute atomic E-state index is 14.7. The Labute approximate surface area is 213 Å². The van der Waals surface area contributed by atoms with Gasteiger partial charge in [-0.1, -0.05) is 18.2 Å². The van der Waals surface area contributed by atoms with Gasteiger partial charge in [-0.3, -0.25) is 15.0 Å². The molecule has 5 heterocycles. The third-order valence-electron chi connectivity index (χ3n) is 7.25. The van der Waals surface area contributed by atoms with E-state index in [-0.39, 0.29) is 12.0 Å². The van der Waals surface area contributed by atoms with Crippen molar-refractivity contribution in [2.45, 2.75) is 25.6 Å². The van der Waals surface area contributed by atoms with Crippen molar-refractivity contribution in [1.29, 1.82) is 0 Å². The van der Waals surface area contributed by atoms with Gasteiger partial charge in [-0.05, 0) is 73.5 Å². The molecule has 2 aromatic carbocycles. The molecule has 3 N–H and O–H groups in total. The van der Waals surface area contributed by atoms with Crippen LogP contribution in [0.15, 0.2) is 73.2 Å². The predicted octanol–water partition coefficient (Wildman–Crippen LogP) is 5.96. The normalized spacial score (nSPS) is 17.1. The second kappa shape index (κ2) is 8.97. The molecule has 7 rings (SSSR count). The number of aromatic amines is 1. The molecule has 0 bridgehead atoms. The molecule has 37 heavy (non-hydrogen) atoms. The zero-order valence-electron chi connectivity index (χ0n) is 20.2. The lowest BCUT2D eigenvalue weighted by atomic mass is 10.00. The van der Waals surface area contributed by atoms with E-state index in [0.29, 0.717) is 5.65 Å². The van der Waals surface area contributed by atoms with E-state index in [1.807, 2.05) is 42.7 Å². The highest BCUT2D eigenvalue weighted by atomic mass is 19.1. The highest BCUT2D eigenvalue weighted by molar-refractivity contribution is 5.92. The van der Waals surface area contributed by atoms with E-state index in [1.54, 1.807) is 18.3 Å². The van der Waals surface area contributed by atoms with Gasteiger partial charge in [0.15, 0.2) is 5.65 Å². The second-order valence-corrected chi connectivity index (χ2v) is 9.76. The van der Waals surface area contributed by atoms with Crippen LogP contribution in [0.1, 0.15) is 30.3 Å². The molecule has 1 unspecified atom stereocenters. The van der Waals surface area contributed by atoms with Crippen molar-refractivity contribution in [3.63, 3.8) is 0 Å². The van der Waals surface area contributed by atoms with Crippen LogP contribution in [0.4, 0.5) is 15.8 Å². The van der Waals surface area contributed by atoms with Gasteiger partial charge >= 0.3 is 0 Å². The summed E-state index contributed by atoms with van der Waals surface area (Å²) in [7, 11) is 0. The summed E-state index contributed by atoms with van der Waals surface area (Å²) in [5.74, 6) is -0.208. The maximum Gasteiger partial charge on any atom is 0.181 e. The summed E-state index contributed by atoms with van der Waals surface area (Å²) in [6.07, 6.45) is 7.60. The van der Waals surface area contributed by atoms with Crippen LogP contribution >= 0.6 is 0 Å². The highest BCUT2D eigenvalue weighted by Crippen LogP contribution is 2.43. The van der Waals surface area contributed by atoms with Crippen LogP contribution in [-0.2, 0) is 6.54 Å². The number of hydrogen-bond donors (Lipinski definition) is 3. The largest absolute Gasteiger partial charge is 0.359 e. The predicted molar refractivity (Wildman–Crippen MR) is 143 cm³/mol. The number of anilines is 2. The topological polar surface area (TPSA) is 81.8 Å². The molecule has 0 saturated carbocycles. The standard InChI is InChI=1S/C29H26FN7/c30-22-12-18(17-37-9-1-2-10-37)11-20(13-22)23-6-3-7-25-26(23)34-29(33-25)27-24-14-21(16-32-28(24)36-35-27)19-5-4-8-31-15-19/h3-8,11-16,29,33-34H,1-2,9-10,17H2,(H,32,35,36). The smallest absolute Gasteiger partial charge is 0.181 e. The van der Waals surface area contributed by atoms with Crippen LogP contribution in [0.25, 0.3) is 33.3 Å². The quantitative estimate of drug-likeness (QED) is 0.282. The summed E-state index contributed by atoms with van der Waals surface area (Å²) in [4.78, 5) is 11.2. The SMILES string of the molecule is Fc1cc(CN2CCCC2)cc(-c2cccc3c2NC(c2[nH]nc4ncc(-c5cccnc5)cc24)N3)c1. The number of fused-ring (bicyclic) bond motifs is 2. The minimum absolute atomic E-state index is 0.208. The Kier molecular flexibility index (Phi) is 5.32. The van der Waals surface area contributed by atoms with E-state index in [2.05, 4.69) is 47.8 Å². The average molecular weight is 492 g/mol. The fraction of sp³-hybridized carbons (Fsp3) is 0.207. The number of para-hydroxylation sites is 1. The number of aromatic nitrogens is 4. The Morgan fingerprint density at radius 1 is 0.919 bits per heavy atom. The monoisotopic (exact) mass is 491 g/mol. The van der Waals surface area contributed by atoms with Gasteiger partial charge in [0.25, 0.3) is 0 Å². The minimum atomic E-state index is -0.232. The van der Waals surface area contributed by atoms with Gasteiger partial charge < -0.3 is 10.6 Å². The van der Waals surface area contributed by atoms with Crippen molar-refractivity contribution in [1.82, 2.24) is 25.1 Å². The molecule has 8 heteroatoms. The van der Waals surface area contributed by atoms with Crippen molar-refractivity contribution in [2.75, 3.05) is 23.7 Å². The number of hydrogen-bond acceptors (Lipinski definition) is 6. The van der Waals surface area contributed by atoms with Crippen LogP contribution in [0.3, 0.4) is 0 Å². The Morgan fingerprint density at radius 3 is 2.70 bits per heavy atom. The zero-order valence-corrected chi connectivity index (χ0v) is 20.2. The van der Waals surface area contributed by atoms with Crippen molar-refractivity contribution < 1.29 is 4.39 Å². The Balaban J connectivity index is 1.22. The number of halogens is 1. The van der Waals surface area contributed by atoms with E-state index in [0.717, 1.165) is 69.9 Å². The first kappa shape index (κ1) is 21.9. The molecular formula is C29H26FN7. The average Bonchev–Trinajstić information content (AvgIpc) is 3.67. The van der Waals surface area contributed by atoms with Crippen molar-refractivity contribution in [2.24, 2.45) is 0 Å². The van der Waals surface area contributed by atoms with E-state index in [4.69, 9.17) is 0 Å². The highest BCUT2D eigenvalue weighted by Gasteiger charge is 2.27. The maximum atomic E-state index is 14.7. The molecule has 0 spiro atoms. The van der Waals surface area contributed by atoms with Gasteiger partial charge in [0.2, 0.25) is 0 Å². The molecule has 0 aliphatic carbocycles. The fourth-order valence-electron chi connectivity index (χ4n) is 5.47. The number of H-pyrrole nitrogens is 1. The lowest BCUT2D eigenvalue weighted by Gasteiger charge is -2.16. The van der Waals surface area contributed by atoms with Crippen molar-refractivity contribution in [3.05, 3.63) is 90.3 Å². The van der Waals surface area contributed by atoms with Gasteiger partial charge in [0, 0.05) is 47.2 Å². The lowest BCUT2D eigenvalue weighted by molar-refractivity contribution is 0.331. The summed E-state index contributed by atoms with van der Waals surface area (Å²) in [5, 5.41) is 15.7. The fourth-order valence-corrected chi connectivity index (χ4v) is 5.47. The zero-order chi connectivity index (χ0) is 24.8. The lowest BCUT2D eigenvalue weighted by Crippen LogP contribution is -2.18. The third-order valence-corrected chi connectivity index (χ3v) is 7.25. The minimum Gasteiger partial charge on any atom is -0.359 e. The summed E-state index contributed by atoms with van der Waals surface area (Å²) in [6.45, 7) is 2.94. The molecule has 7 nitrogen and oxygen atoms in total. The summed E-state index contributed by atoms with van der Waals surface area (Å²) in [5.41, 5.74) is 8.27. The molecule has 2 aliphatic heterocycles. The van der Waals surface area contributed by atoms with Gasteiger partial charge in [-0.25, -0.2) is 9.37 Å².